The summed E-state index contributed by atoms with van der Waals surface area (Å²) in [4.78, 5) is 45.5. The number of ether oxygens (including phenoxy) is 4. The summed E-state index contributed by atoms with van der Waals surface area (Å²) in [6.07, 6.45) is 9.65. The SMILES string of the molecule is CCCC[C@H](O[C@@H](Cc1ccccc1)C(=O)N1CCC(OCOC)CC1)C(=O)N[C@@H](CC1CCCCC1)[C@@H](O)C[C@H](NC(=O)OCCN1CCCC1)C(C)C. The normalized spacial score (nSPS) is 20.1. The van der Waals surface area contributed by atoms with Crippen molar-refractivity contribution in [3.05, 3.63) is 35.9 Å². The Labute approximate surface area is 330 Å². The van der Waals surface area contributed by atoms with Crippen molar-refractivity contribution in [2.45, 2.75) is 154 Å². The minimum Gasteiger partial charge on any atom is -0.448 e. The molecule has 55 heavy (non-hydrogen) atoms. The molecule has 0 spiro atoms. The molecule has 2 saturated heterocycles. The van der Waals surface area contributed by atoms with E-state index in [-0.39, 0.29) is 43.1 Å². The molecule has 2 heterocycles. The minimum atomic E-state index is -0.904. The number of unbranched alkanes of at least 4 members (excludes halogenated alkanes) is 1. The molecule has 0 bridgehead atoms. The van der Waals surface area contributed by atoms with E-state index in [4.69, 9.17) is 18.9 Å². The first kappa shape index (κ1) is 44.9. The molecule has 5 atom stereocenters. The summed E-state index contributed by atoms with van der Waals surface area (Å²) >= 11 is 0. The highest BCUT2D eigenvalue weighted by molar-refractivity contribution is 5.84. The molecule has 1 aliphatic carbocycles. The molecule has 12 nitrogen and oxygen atoms in total. The van der Waals surface area contributed by atoms with Crippen LogP contribution in [-0.2, 0) is 35.0 Å². The van der Waals surface area contributed by atoms with Crippen LogP contribution in [0.1, 0.15) is 116 Å². The monoisotopic (exact) mass is 773 g/mol. The van der Waals surface area contributed by atoms with Crippen molar-refractivity contribution in [2.75, 3.05) is 53.2 Å². The highest BCUT2D eigenvalue weighted by atomic mass is 16.7. The molecule has 0 radical (unpaired) electrons. The van der Waals surface area contributed by atoms with Crippen LogP contribution in [0, 0.1) is 11.8 Å². The van der Waals surface area contributed by atoms with E-state index in [1.165, 1.54) is 19.3 Å². The van der Waals surface area contributed by atoms with Gasteiger partial charge in [0.15, 0.2) is 0 Å². The van der Waals surface area contributed by atoms with Crippen LogP contribution in [0.4, 0.5) is 4.79 Å². The fraction of sp³-hybridized carbons (Fsp3) is 0.791. The van der Waals surface area contributed by atoms with Gasteiger partial charge < -0.3 is 39.6 Å². The van der Waals surface area contributed by atoms with Crippen LogP contribution in [0.15, 0.2) is 30.3 Å². The van der Waals surface area contributed by atoms with Crippen molar-refractivity contribution < 1.29 is 38.4 Å². The van der Waals surface area contributed by atoms with E-state index in [0.717, 1.165) is 63.7 Å². The number of rotatable bonds is 23. The van der Waals surface area contributed by atoms with Crippen LogP contribution in [0.25, 0.3) is 0 Å². The lowest BCUT2D eigenvalue weighted by Gasteiger charge is -2.36. The Balaban J connectivity index is 1.46. The fourth-order valence-electron chi connectivity index (χ4n) is 8.24. The molecule has 3 fully saturated rings. The van der Waals surface area contributed by atoms with E-state index in [1.54, 1.807) is 7.11 Å². The second-order valence-electron chi connectivity index (χ2n) is 16.4. The Bertz CT molecular complexity index is 1230. The number of piperidine rings is 1. The number of aliphatic hydroxyl groups excluding tert-OH is 1. The molecule has 2 aliphatic heterocycles. The van der Waals surface area contributed by atoms with E-state index < -0.39 is 30.4 Å². The Hall–Kier alpha value is -2.77. The Morgan fingerprint density at radius 1 is 0.891 bits per heavy atom. The maximum atomic E-state index is 14.4. The quantitative estimate of drug-likeness (QED) is 0.117. The molecular weight excluding hydrogens is 700 g/mol. The van der Waals surface area contributed by atoms with E-state index >= 15 is 0 Å². The van der Waals surface area contributed by atoms with E-state index in [0.29, 0.717) is 57.7 Å². The maximum absolute atomic E-state index is 14.4. The number of hydrogen-bond acceptors (Lipinski definition) is 9. The first-order valence-electron chi connectivity index (χ1n) is 21.4. The number of likely N-dealkylation sites (tertiary alicyclic amines) is 2. The van der Waals surface area contributed by atoms with Gasteiger partial charge in [0.25, 0.3) is 5.91 Å². The molecule has 4 rings (SSSR count). The van der Waals surface area contributed by atoms with Gasteiger partial charge in [-0.3, -0.25) is 14.5 Å². The first-order valence-corrected chi connectivity index (χ1v) is 21.4. The van der Waals surface area contributed by atoms with Gasteiger partial charge in [0.1, 0.15) is 25.6 Å². The third-order valence-corrected chi connectivity index (χ3v) is 11.7. The molecule has 1 aromatic carbocycles. The molecule has 3 N–H and O–H groups in total. The highest BCUT2D eigenvalue weighted by Crippen LogP contribution is 2.29. The van der Waals surface area contributed by atoms with Gasteiger partial charge in [0.2, 0.25) is 5.91 Å². The fourth-order valence-corrected chi connectivity index (χ4v) is 8.24. The van der Waals surface area contributed by atoms with Crippen molar-refractivity contribution in [3.63, 3.8) is 0 Å². The third kappa shape index (κ3) is 15.9. The second-order valence-corrected chi connectivity index (χ2v) is 16.4. The van der Waals surface area contributed by atoms with Gasteiger partial charge in [0.05, 0.1) is 18.2 Å². The smallest absolute Gasteiger partial charge is 0.407 e. The van der Waals surface area contributed by atoms with Crippen LogP contribution >= 0.6 is 0 Å². The Morgan fingerprint density at radius 3 is 2.25 bits per heavy atom. The number of amides is 3. The minimum absolute atomic E-state index is 0.0315. The third-order valence-electron chi connectivity index (χ3n) is 11.7. The predicted molar refractivity (Wildman–Crippen MR) is 213 cm³/mol. The number of alkyl carbamates (subject to hydrolysis) is 1. The lowest BCUT2D eigenvalue weighted by molar-refractivity contribution is -0.157. The number of carbonyl (C=O) groups is 3. The largest absolute Gasteiger partial charge is 0.448 e. The van der Waals surface area contributed by atoms with Gasteiger partial charge >= 0.3 is 6.09 Å². The Kier molecular flexibility index (Phi) is 20.2. The zero-order valence-electron chi connectivity index (χ0n) is 34.3. The summed E-state index contributed by atoms with van der Waals surface area (Å²) in [5, 5.41) is 18.1. The summed E-state index contributed by atoms with van der Waals surface area (Å²) in [5.41, 5.74) is 0.959. The van der Waals surface area contributed by atoms with Crippen molar-refractivity contribution in [2.24, 2.45) is 11.8 Å². The summed E-state index contributed by atoms with van der Waals surface area (Å²) in [5.74, 6) is -0.0109. The Morgan fingerprint density at radius 2 is 1.60 bits per heavy atom. The van der Waals surface area contributed by atoms with E-state index in [9.17, 15) is 19.5 Å². The topological polar surface area (TPSA) is 139 Å². The van der Waals surface area contributed by atoms with Crippen LogP contribution < -0.4 is 10.6 Å². The number of benzene rings is 1. The van der Waals surface area contributed by atoms with Crippen LogP contribution in [0.5, 0.6) is 0 Å². The second kappa shape index (κ2) is 24.8. The average molecular weight is 773 g/mol. The number of carbonyl (C=O) groups excluding carboxylic acids is 3. The van der Waals surface area contributed by atoms with Gasteiger partial charge in [-0.05, 0) is 75.4 Å². The summed E-state index contributed by atoms with van der Waals surface area (Å²) < 4.78 is 23.0. The molecule has 1 aromatic rings. The van der Waals surface area contributed by atoms with Crippen LogP contribution in [-0.4, -0.2) is 123 Å². The van der Waals surface area contributed by atoms with Gasteiger partial charge in [-0.25, -0.2) is 4.79 Å². The van der Waals surface area contributed by atoms with Crippen molar-refractivity contribution in [3.8, 4) is 0 Å². The molecule has 12 heteroatoms. The molecule has 312 valence electrons. The molecular formula is C43H72N4O8. The summed E-state index contributed by atoms with van der Waals surface area (Å²) in [6, 6.07) is 8.92. The van der Waals surface area contributed by atoms with E-state index in [1.807, 2.05) is 49.1 Å². The number of nitrogens with zero attached hydrogens (tertiary/aromatic N) is 2. The van der Waals surface area contributed by atoms with Crippen molar-refractivity contribution in [1.82, 2.24) is 20.4 Å². The van der Waals surface area contributed by atoms with Gasteiger partial charge in [-0.2, -0.15) is 0 Å². The zero-order chi connectivity index (χ0) is 39.4. The average Bonchev–Trinajstić information content (AvgIpc) is 3.72. The number of methoxy groups -OCH3 is 1. The van der Waals surface area contributed by atoms with Crippen LogP contribution in [0.3, 0.4) is 0 Å². The molecule has 3 aliphatic rings. The number of hydrogen-bond donors (Lipinski definition) is 3. The van der Waals surface area contributed by atoms with Gasteiger partial charge in [-0.1, -0.05) is 96.0 Å². The summed E-state index contributed by atoms with van der Waals surface area (Å²) in [6.45, 7) is 10.5. The molecule has 0 aromatic heterocycles. The maximum Gasteiger partial charge on any atom is 0.407 e. The van der Waals surface area contributed by atoms with Gasteiger partial charge in [-0.15, -0.1) is 0 Å². The molecule has 1 saturated carbocycles. The predicted octanol–water partition coefficient (Wildman–Crippen LogP) is 5.84. The number of nitrogens with one attached hydrogen (secondary N) is 2. The first-order chi connectivity index (χ1) is 26.7. The van der Waals surface area contributed by atoms with Crippen molar-refractivity contribution >= 4 is 17.9 Å². The summed E-state index contributed by atoms with van der Waals surface area (Å²) in [7, 11) is 1.60. The highest BCUT2D eigenvalue weighted by Gasteiger charge is 2.36. The van der Waals surface area contributed by atoms with E-state index in [2.05, 4.69) is 22.5 Å². The lowest BCUT2D eigenvalue weighted by Crippen LogP contribution is -2.53. The van der Waals surface area contributed by atoms with Crippen LogP contribution in [0.2, 0.25) is 0 Å². The molecule has 3 amide bonds. The molecule has 0 unspecified atom stereocenters. The number of aliphatic hydroxyl groups is 1. The van der Waals surface area contributed by atoms with Gasteiger partial charge in [0, 0.05) is 39.2 Å². The zero-order valence-corrected chi connectivity index (χ0v) is 34.3. The standard InChI is InChI=1S/C43H72N4O8/c1-5-6-19-39(55-40(29-34-17-11-8-12-18-34)42(50)47-24-20-35(21-25-47)54-31-52-4)41(49)44-37(28-33-15-9-7-10-16-33)38(48)30-36(32(2)3)45-43(51)53-27-26-46-22-13-14-23-46/h8,11-12,17-18,32-33,35-40,48H,5-7,9-10,13-16,19-31H2,1-4H3,(H,44,49)(H,45,51)/t36-,37-,38-,39-,40-/m0/s1. The lowest BCUT2D eigenvalue weighted by atomic mass is 9.82. The van der Waals surface area contributed by atoms with Crippen molar-refractivity contribution in [1.29, 1.82) is 0 Å².